The summed E-state index contributed by atoms with van der Waals surface area (Å²) >= 11 is 6.03. The van der Waals surface area contributed by atoms with Gasteiger partial charge in [-0.25, -0.2) is 0 Å². The normalized spacial score (nSPS) is 22.0. The lowest BCUT2D eigenvalue weighted by molar-refractivity contribution is -0.117. The molecule has 2 aromatic rings. The van der Waals surface area contributed by atoms with E-state index in [2.05, 4.69) is 35.3 Å². The van der Waals surface area contributed by atoms with Crippen LogP contribution in [0, 0.1) is 0 Å². The van der Waals surface area contributed by atoms with Gasteiger partial charge >= 0.3 is 0 Å². The average Bonchev–Trinajstić information content (AvgIpc) is 2.70. The maximum atomic E-state index is 12.3. The van der Waals surface area contributed by atoms with Crippen LogP contribution in [0.2, 0.25) is 5.02 Å². The molecule has 6 heteroatoms. The lowest BCUT2D eigenvalue weighted by Crippen LogP contribution is -2.43. The molecule has 28 heavy (non-hydrogen) atoms. The van der Waals surface area contributed by atoms with Crippen molar-refractivity contribution in [2.24, 2.45) is 0 Å². The Labute approximate surface area is 171 Å². The molecule has 0 bridgehead atoms. The quantitative estimate of drug-likeness (QED) is 0.826. The Kier molecular flexibility index (Phi) is 5.47. The molecule has 4 rings (SSSR count). The smallest absolute Gasteiger partial charge is 0.224 e. The van der Waals surface area contributed by atoms with E-state index in [4.69, 9.17) is 16.3 Å². The van der Waals surface area contributed by atoms with Crippen LogP contribution in [-0.4, -0.2) is 38.3 Å². The van der Waals surface area contributed by atoms with Crippen molar-refractivity contribution in [3.05, 3.63) is 53.1 Å². The molecule has 1 saturated heterocycles. The van der Waals surface area contributed by atoms with Crippen LogP contribution < -0.4 is 15.1 Å². The standard InChI is InChI=1S/C22H26ClN3O2/c1-15-13-21(24-18-5-3-17(23)4-6-18)20-14-19(25-9-11-28-12-10-25)7-8-22(20)26(15)16(2)27/h3-8,14-15,21,24H,9-13H2,1-2H3. The fourth-order valence-electron chi connectivity index (χ4n) is 4.23. The van der Waals surface area contributed by atoms with Gasteiger partial charge in [-0.15, -0.1) is 0 Å². The summed E-state index contributed by atoms with van der Waals surface area (Å²) in [5.74, 6) is 0.0813. The number of fused-ring (bicyclic) bond motifs is 1. The van der Waals surface area contributed by atoms with Gasteiger partial charge in [-0.05, 0) is 55.8 Å². The van der Waals surface area contributed by atoms with Crippen molar-refractivity contribution in [3.63, 3.8) is 0 Å². The first-order valence-corrected chi connectivity index (χ1v) is 10.2. The molecule has 1 fully saturated rings. The molecule has 0 aliphatic carbocycles. The Balaban J connectivity index is 1.70. The largest absolute Gasteiger partial charge is 0.378 e. The predicted octanol–water partition coefficient (Wildman–Crippen LogP) is 4.47. The molecule has 2 aromatic carbocycles. The van der Waals surface area contributed by atoms with E-state index in [1.807, 2.05) is 29.2 Å². The molecule has 2 atom stereocenters. The van der Waals surface area contributed by atoms with Gasteiger partial charge in [-0.1, -0.05) is 11.6 Å². The number of carbonyl (C=O) groups is 1. The number of carbonyl (C=O) groups excluding carboxylic acids is 1. The fraction of sp³-hybridized carbons (Fsp3) is 0.409. The van der Waals surface area contributed by atoms with E-state index in [0.717, 1.165) is 54.7 Å². The van der Waals surface area contributed by atoms with Crippen LogP contribution in [0.15, 0.2) is 42.5 Å². The van der Waals surface area contributed by atoms with E-state index in [0.29, 0.717) is 0 Å². The molecule has 5 nitrogen and oxygen atoms in total. The van der Waals surface area contributed by atoms with Gasteiger partial charge < -0.3 is 19.9 Å². The minimum Gasteiger partial charge on any atom is -0.378 e. The highest BCUT2D eigenvalue weighted by Gasteiger charge is 2.33. The second-order valence-corrected chi connectivity index (χ2v) is 7.96. The third-order valence-corrected chi connectivity index (χ3v) is 5.82. The van der Waals surface area contributed by atoms with E-state index >= 15 is 0 Å². The number of anilines is 3. The first kappa shape index (κ1) is 19.1. The number of amides is 1. The number of rotatable bonds is 3. The topological polar surface area (TPSA) is 44.8 Å². The Morgan fingerprint density at radius 2 is 1.86 bits per heavy atom. The number of benzene rings is 2. The summed E-state index contributed by atoms with van der Waals surface area (Å²) in [5.41, 5.74) is 4.37. The first-order valence-electron chi connectivity index (χ1n) is 9.81. The van der Waals surface area contributed by atoms with Gasteiger partial charge in [-0.2, -0.15) is 0 Å². The van der Waals surface area contributed by atoms with Crippen molar-refractivity contribution >= 4 is 34.6 Å². The van der Waals surface area contributed by atoms with Crippen LogP contribution >= 0.6 is 11.6 Å². The second-order valence-electron chi connectivity index (χ2n) is 7.52. The molecule has 2 unspecified atom stereocenters. The number of morpholine rings is 1. The first-order chi connectivity index (χ1) is 13.5. The van der Waals surface area contributed by atoms with E-state index in [-0.39, 0.29) is 18.0 Å². The van der Waals surface area contributed by atoms with Crippen LogP contribution in [0.5, 0.6) is 0 Å². The van der Waals surface area contributed by atoms with E-state index in [1.54, 1.807) is 6.92 Å². The zero-order valence-corrected chi connectivity index (χ0v) is 17.1. The molecule has 0 aromatic heterocycles. The average molecular weight is 400 g/mol. The Hall–Kier alpha value is -2.24. The summed E-state index contributed by atoms with van der Waals surface area (Å²) in [6, 6.07) is 14.5. The SMILES string of the molecule is CC(=O)N1c2ccc(N3CCOCC3)cc2C(Nc2ccc(Cl)cc2)CC1C. The van der Waals surface area contributed by atoms with Gasteiger partial charge in [0.1, 0.15) is 0 Å². The van der Waals surface area contributed by atoms with Gasteiger partial charge in [0.05, 0.1) is 19.3 Å². The number of hydrogen-bond acceptors (Lipinski definition) is 4. The maximum Gasteiger partial charge on any atom is 0.224 e. The van der Waals surface area contributed by atoms with Gasteiger partial charge in [0.2, 0.25) is 5.91 Å². The zero-order chi connectivity index (χ0) is 19.7. The van der Waals surface area contributed by atoms with Gasteiger partial charge in [0.15, 0.2) is 0 Å². The third kappa shape index (κ3) is 3.82. The highest BCUT2D eigenvalue weighted by atomic mass is 35.5. The molecule has 2 aliphatic heterocycles. The van der Waals surface area contributed by atoms with Crippen LogP contribution in [0.1, 0.15) is 31.9 Å². The lowest BCUT2D eigenvalue weighted by Gasteiger charge is -2.40. The molecule has 2 heterocycles. The molecule has 0 spiro atoms. The van der Waals surface area contributed by atoms with Crippen molar-refractivity contribution < 1.29 is 9.53 Å². The predicted molar refractivity (Wildman–Crippen MR) is 115 cm³/mol. The van der Waals surface area contributed by atoms with Crippen LogP contribution in [0.25, 0.3) is 0 Å². The van der Waals surface area contributed by atoms with E-state index in [1.165, 1.54) is 5.69 Å². The van der Waals surface area contributed by atoms with Crippen LogP contribution in [0.3, 0.4) is 0 Å². The highest BCUT2D eigenvalue weighted by Crippen LogP contribution is 2.41. The van der Waals surface area contributed by atoms with Crippen LogP contribution in [-0.2, 0) is 9.53 Å². The summed E-state index contributed by atoms with van der Waals surface area (Å²) in [6.45, 7) is 7.03. The molecule has 148 valence electrons. The van der Waals surface area contributed by atoms with E-state index in [9.17, 15) is 4.79 Å². The molecule has 1 N–H and O–H groups in total. The number of nitrogens with zero attached hydrogens (tertiary/aromatic N) is 2. The summed E-state index contributed by atoms with van der Waals surface area (Å²) < 4.78 is 5.49. The number of nitrogens with one attached hydrogen (secondary N) is 1. The lowest BCUT2D eigenvalue weighted by atomic mass is 9.90. The zero-order valence-electron chi connectivity index (χ0n) is 16.3. The van der Waals surface area contributed by atoms with Gasteiger partial charge in [0, 0.05) is 53.7 Å². The van der Waals surface area contributed by atoms with Crippen molar-refractivity contribution in [2.45, 2.75) is 32.4 Å². The molecule has 0 radical (unpaired) electrons. The summed E-state index contributed by atoms with van der Waals surface area (Å²) in [4.78, 5) is 16.6. The van der Waals surface area contributed by atoms with Crippen molar-refractivity contribution in [2.75, 3.05) is 41.4 Å². The minimum atomic E-state index is 0.0813. The summed E-state index contributed by atoms with van der Waals surface area (Å²) in [6.07, 6.45) is 0.849. The summed E-state index contributed by atoms with van der Waals surface area (Å²) in [7, 11) is 0. The van der Waals surface area contributed by atoms with Gasteiger partial charge in [-0.3, -0.25) is 4.79 Å². The van der Waals surface area contributed by atoms with Gasteiger partial charge in [0.25, 0.3) is 0 Å². The molecular formula is C22H26ClN3O2. The number of hydrogen-bond donors (Lipinski definition) is 1. The molecule has 2 aliphatic rings. The third-order valence-electron chi connectivity index (χ3n) is 5.56. The number of ether oxygens (including phenoxy) is 1. The Bertz CT molecular complexity index is 849. The Morgan fingerprint density at radius 3 is 2.54 bits per heavy atom. The molecular weight excluding hydrogens is 374 g/mol. The maximum absolute atomic E-state index is 12.3. The van der Waals surface area contributed by atoms with E-state index < -0.39 is 0 Å². The number of halogens is 1. The van der Waals surface area contributed by atoms with Crippen molar-refractivity contribution in [1.29, 1.82) is 0 Å². The summed E-state index contributed by atoms with van der Waals surface area (Å²) in [5, 5.41) is 4.37. The Morgan fingerprint density at radius 1 is 1.14 bits per heavy atom. The minimum absolute atomic E-state index is 0.0813. The highest BCUT2D eigenvalue weighted by molar-refractivity contribution is 6.30. The van der Waals surface area contributed by atoms with Crippen molar-refractivity contribution in [3.8, 4) is 0 Å². The van der Waals surface area contributed by atoms with Crippen molar-refractivity contribution in [1.82, 2.24) is 0 Å². The fourth-order valence-corrected chi connectivity index (χ4v) is 4.36. The van der Waals surface area contributed by atoms with Crippen LogP contribution in [0.4, 0.5) is 17.1 Å². The second kappa shape index (κ2) is 8.02. The monoisotopic (exact) mass is 399 g/mol. The molecule has 1 amide bonds. The molecule has 0 saturated carbocycles.